The van der Waals surface area contributed by atoms with Crippen LogP contribution in [-0.4, -0.2) is 22.0 Å². The number of phenols is 1. The van der Waals surface area contributed by atoms with Crippen molar-refractivity contribution < 1.29 is 19.8 Å². The second kappa shape index (κ2) is 5.57. The number of aliphatic carboxylic acids is 1. The third-order valence-electron chi connectivity index (χ3n) is 3.13. The standard InChI is InChI=1S/C16H14O4/c1-10(16(19)20)11-4-2-5-12(8-11)15(18)13-6-3-7-14(17)9-13/h2-10,17H,1H3,(H,19,20). The average molecular weight is 270 g/mol. The number of carboxylic acids is 1. The molecule has 2 N–H and O–H groups in total. The Hall–Kier alpha value is -2.62. The van der Waals surface area contributed by atoms with Gasteiger partial charge in [-0.15, -0.1) is 0 Å². The van der Waals surface area contributed by atoms with E-state index in [2.05, 4.69) is 0 Å². The summed E-state index contributed by atoms with van der Waals surface area (Å²) < 4.78 is 0. The number of benzene rings is 2. The average Bonchev–Trinajstić information content (AvgIpc) is 2.45. The summed E-state index contributed by atoms with van der Waals surface area (Å²) in [4.78, 5) is 23.3. The molecule has 0 aliphatic rings. The molecule has 0 aromatic heterocycles. The summed E-state index contributed by atoms with van der Waals surface area (Å²) >= 11 is 0. The van der Waals surface area contributed by atoms with E-state index >= 15 is 0 Å². The zero-order chi connectivity index (χ0) is 14.7. The summed E-state index contributed by atoms with van der Waals surface area (Å²) in [6, 6.07) is 12.6. The van der Waals surface area contributed by atoms with Crippen LogP contribution in [0, 0.1) is 0 Å². The van der Waals surface area contributed by atoms with Gasteiger partial charge < -0.3 is 10.2 Å². The van der Waals surface area contributed by atoms with E-state index in [-0.39, 0.29) is 11.5 Å². The molecular formula is C16H14O4. The van der Waals surface area contributed by atoms with E-state index < -0.39 is 11.9 Å². The highest BCUT2D eigenvalue weighted by Crippen LogP contribution is 2.20. The molecule has 0 spiro atoms. The van der Waals surface area contributed by atoms with Crippen molar-refractivity contribution in [3.8, 4) is 5.75 Å². The fraction of sp³-hybridized carbons (Fsp3) is 0.125. The lowest BCUT2D eigenvalue weighted by molar-refractivity contribution is -0.138. The van der Waals surface area contributed by atoms with Crippen molar-refractivity contribution >= 4 is 11.8 Å². The molecule has 0 heterocycles. The predicted molar refractivity (Wildman–Crippen MR) is 74.0 cm³/mol. The van der Waals surface area contributed by atoms with Gasteiger partial charge in [0.25, 0.3) is 0 Å². The maximum atomic E-state index is 12.3. The molecule has 2 aromatic rings. The van der Waals surface area contributed by atoms with Crippen molar-refractivity contribution in [3.63, 3.8) is 0 Å². The minimum atomic E-state index is -0.938. The molecule has 0 radical (unpaired) electrons. The van der Waals surface area contributed by atoms with Crippen molar-refractivity contribution in [2.75, 3.05) is 0 Å². The van der Waals surface area contributed by atoms with E-state index in [1.165, 1.54) is 12.1 Å². The van der Waals surface area contributed by atoms with Crippen molar-refractivity contribution in [2.24, 2.45) is 0 Å². The van der Waals surface area contributed by atoms with Gasteiger partial charge in [0.1, 0.15) is 5.75 Å². The number of rotatable bonds is 4. The van der Waals surface area contributed by atoms with Crippen LogP contribution in [0.5, 0.6) is 5.75 Å². The van der Waals surface area contributed by atoms with Gasteiger partial charge in [-0.3, -0.25) is 9.59 Å². The first-order valence-corrected chi connectivity index (χ1v) is 6.15. The van der Waals surface area contributed by atoms with E-state index in [9.17, 15) is 14.7 Å². The largest absolute Gasteiger partial charge is 0.508 e. The van der Waals surface area contributed by atoms with Gasteiger partial charge in [0, 0.05) is 11.1 Å². The Bertz CT molecular complexity index is 661. The normalized spacial score (nSPS) is 11.8. The van der Waals surface area contributed by atoms with Crippen LogP contribution in [0.4, 0.5) is 0 Å². The van der Waals surface area contributed by atoms with Crippen LogP contribution in [-0.2, 0) is 4.79 Å². The Kier molecular flexibility index (Phi) is 3.84. The number of hydrogen-bond acceptors (Lipinski definition) is 3. The van der Waals surface area contributed by atoms with Crippen LogP contribution in [0.2, 0.25) is 0 Å². The summed E-state index contributed by atoms with van der Waals surface area (Å²) in [5, 5.41) is 18.4. The molecule has 1 atom stereocenters. The van der Waals surface area contributed by atoms with E-state index in [1.807, 2.05) is 0 Å². The number of carbonyl (C=O) groups excluding carboxylic acids is 1. The van der Waals surface area contributed by atoms with Crippen LogP contribution in [0.25, 0.3) is 0 Å². The van der Waals surface area contributed by atoms with E-state index in [0.29, 0.717) is 16.7 Å². The number of hydrogen-bond donors (Lipinski definition) is 2. The molecule has 0 saturated heterocycles. The van der Waals surface area contributed by atoms with Crippen molar-refractivity contribution in [2.45, 2.75) is 12.8 Å². The number of phenolic OH excluding ortho intramolecular Hbond substituents is 1. The van der Waals surface area contributed by atoms with Gasteiger partial charge in [-0.1, -0.05) is 30.3 Å². The van der Waals surface area contributed by atoms with Crippen LogP contribution >= 0.6 is 0 Å². The summed E-state index contributed by atoms with van der Waals surface area (Å²) in [6.45, 7) is 1.57. The van der Waals surface area contributed by atoms with Gasteiger partial charge in [0.2, 0.25) is 0 Å². The molecule has 0 fully saturated rings. The second-order valence-electron chi connectivity index (χ2n) is 4.56. The number of aromatic hydroxyl groups is 1. The van der Waals surface area contributed by atoms with Gasteiger partial charge in [0.15, 0.2) is 5.78 Å². The molecule has 0 saturated carbocycles. The van der Waals surface area contributed by atoms with Crippen LogP contribution in [0.15, 0.2) is 48.5 Å². The molecule has 0 bridgehead atoms. The molecule has 0 aliphatic heterocycles. The van der Waals surface area contributed by atoms with Gasteiger partial charge >= 0.3 is 5.97 Å². The molecule has 102 valence electrons. The number of carbonyl (C=O) groups is 2. The molecule has 20 heavy (non-hydrogen) atoms. The lowest BCUT2D eigenvalue weighted by atomic mass is 9.96. The SMILES string of the molecule is CC(C(=O)O)c1cccc(C(=O)c2cccc(O)c2)c1. The van der Waals surface area contributed by atoms with Crippen molar-refractivity contribution in [1.29, 1.82) is 0 Å². The summed E-state index contributed by atoms with van der Waals surface area (Å²) in [5.74, 6) is -1.84. The zero-order valence-electron chi connectivity index (χ0n) is 10.9. The Morgan fingerprint density at radius 3 is 2.20 bits per heavy atom. The first-order chi connectivity index (χ1) is 9.49. The zero-order valence-corrected chi connectivity index (χ0v) is 10.9. The molecular weight excluding hydrogens is 256 g/mol. The molecule has 4 nitrogen and oxygen atoms in total. The van der Waals surface area contributed by atoms with Crippen molar-refractivity contribution in [3.05, 3.63) is 65.2 Å². The van der Waals surface area contributed by atoms with Crippen LogP contribution in [0.1, 0.15) is 34.3 Å². The highest BCUT2D eigenvalue weighted by Gasteiger charge is 2.16. The molecule has 0 amide bonds. The van der Waals surface area contributed by atoms with Gasteiger partial charge in [-0.05, 0) is 30.7 Å². The van der Waals surface area contributed by atoms with Gasteiger partial charge in [-0.2, -0.15) is 0 Å². The Morgan fingerprint density at radius 2 is 1.60 bits per heavy atom. The van der Waals surface area contributed by atoms with E-state index in [0.717, 1.165) is 0 Å². The minimum Gasteiger partial charge on any atom is -0.508 e. The number of ketones is 1. The van der Waals surface area contributed by atoms with Gasteiger partial charge in [0.05, 0.1) is 5.92 Å². The first-order valence-electron chi connectivity index (χ1n) is 6.15. The Balaban J connectivity index is 2.36. The van der Waals surface area contributed by atoms with E-state index in [1.54, 1.807) is 43.3 Å². The Labute approximate surface area is 116 Å². The lowest BCUT2D eigenvalue weighted by Gasteiger charge is -2.08. The van der Waals surface area contributed by atoms with Gasteiger partial charge in [-0.25, -0.2) is 0 Å². The summed E-state index contributed by atoms with van der Waals surface area (Å²) in [6.07, 6.45) is 0. The highest BCUT2D eigenvalue weighted by molar-refractivity contribution is 6.09. The predicted octanol–water partition coefficient (Wildman–Crippen LogP) is 2.81. The van der Waals surface area contributed by atoms with Crippen LogP contribution in [0.3, 0.4) is 0 Å². The summed E-state index contributed by atoms with van der Waals surface area (Å²) in [7, 11) is 0. The van der Waals surface area contributed by atoms with E-state index in [4.69, 9.17) is 5.11 Å². The smallest absolute Gasteiger partial charge is 0.310 e. The maximum absolute atomic E-state index is 12.3. The topological polar surface area (TPSA) is 74.6 Å². The molecule has 2 rings (SSSR count). The minimum absolute atomic E-state index is 0.0194. The van der Waals surface area contributed by atoms with Crippen molar-refractivity contribution in [1.82, 2.24) is 0 Å². The fourth-order valence-electron chi connectivity index (χ4n) is 1.91. The number of carboxylic acid groups (broad SMARTS) is 1. The maximum Gasteiger partial charge on any atom is 0.310 e. The Morgan fingerprint density at radius 1 is 1.00 bits per heavy atom. The second-order valence-corrected chi connectivity index (χ2v) is 4.56. The monoisotopic (exact) mass is 270 g/mol. The first kappa shape index (κ1) is 13.8. The highest BCUT2D eigenvalue weighted by atomic mass is 16.4. The van der Waals surface area contributed by atoms with Crippen LogP contribution < -0.4 is 0 Å². The fourth-order valence-corrected chi connectivity index (χ4v) is 1.91. The molecule has 2 aromatic carbocycles. The third kappa shape index (κ3) is 2.85. The molecule has 4 heteroatoms. The summed E-state index contributed by atoms with van der Waals surface area (Å²) in [5.41, 5.74) is 1.34. The quantitative estimate of drug-likeness (QED) is 0.838. The third-order valence-corrected chi connectivity index (χ3v) is 3.13. The molecule has 1 unspecified atom stereocenters. The lowest BCUT2D eigenvalue weighted by Crippen LogP contribution is -2.09. The molecule has 0 aliphatic carbocycles.